The highest BCUT2D eigenvalue weighted by Gasteiger charge is 2.54. The van der Waals surface area contributed by atoms with Gasteiger partial charge in [-0.25, -0.2) is 4.98 Å². The summed E-state index contributed by atoms with van der Waals surface area (Å²) < 4.78 is 22.0. The maximum atomic E-state index is 13.0. The number of rotatable bonds is 8. The van der Waals surface area contributed by atoms with Crippen LogP contribution < -0.4 is 10.9 Å². The summed E-state index contributed by atoms with van der Waals surface area (Å²) in [4.78, 5) is 37.3. The first-order valence-corrected chi connectivity index (χ1v) is 20.1. The van der Waals surface area contributed by atoms with E-state index in [0.29, 0.717) is 5.56 Å². The maximum absolute atomic E-state index is 13.0. The van der Waals surface area contributed by atoms with Crippen LogP contribution in [0.1, 0.15) is 58.1 Å². The number of aromatic amines is 1. The number of hydrogen-bond acceptors (Lipinski definition) is 8. The minimum Gasteiger partial charge on any atom is -0.408 e. The van der Waals surface area contributed by atoms with E-state index in [1.165, 1.54) is 6.33 Å². The second kappa shape index (κ2) is 11.4. The molecule has 1 aromatic carbocycles. The van der Waals surface area contributed by atoms with Crippen LogP contribution in [0, 0.1) is 0 Å². The Morgan fingerprint density at radius 1 is 1.02 bits per heavy atom. The van der Waals surface area contributed by atoms with Gasteiger partial charge in [-0.15, -0.1) is 0 Å². The number of nitrogens with one attached hydrogen (secondary N) is 2. The van der Waals surface area contributed by atoms with Crippen LogP contribution >= 0.6 is 0 Å². The molecule has 3 N–H and O–H groups in total. The summed E-state index contributed by atoms with van der Waals surface area (Å²) in [7, 11) is -4.71. The molecule has 3 aromatic rings. The van der Waals surface area contributed by atoms with Gasteiger partial charge in [0.05, 0.1) is 12.9 Å². The topological polar surface area (TPSA) is 141 Å². The predicted molar refractivity (Wildman–Crippen MR) is 168 cm³/mol. The summed E-state index contributed by atoms with van der Waals surface area (Å²) in [5.41, 5.74) is 0.235. The largest absolute Gasteiger partial charge is 0.408 e. The first-order valence-electron chi connectivity index (χ1n) is 14.3. The third-order valence-corrected chi connectivity index (χ3v) is 17.9. The summed E-state index contributed by atoms with van der Waals surface area (Å²) in [5, 5.41) is 12.9. The van der Waals surface area contributed by atoms with Crippen LogP contribution in [0.5, 0.6) is 0 Å². The lowest BCUT2D eigenvalue weighted by Crippen LogP contribution is -2.53. The van der Waals surface area contributed by atoms with Gasteiger partial charge in [0.2, 0.25) is 5.95 Å². The first kappa shape index (κ1) is 32.2. The van der Waals surface area contributed by atoms with E-state index >= 15 is 0 Å². The number of aromatic nitrogens is 4. The van der Waals surface area contributed by atoms with Crippen molar-refractivity contribution in [2.45, 2.75) is 102 Å². The van der Waals surface area contributed by atoms with Crippen LogP contribution in [0.15, 0.2) is 41.5 Å². The SMILES string of the molecule is CC(C)(C)[Si](C)(C)O[C@@H]1[C@H](O[Si](C)(C)C(C)(C)C)[C@@H](CO)O[C@H]1n1cnc2c(=O)[nH]c(NC(=O)c3ccccc3)nc21. The molecule has 1 amide bonds. The van der Waals surface area contributed by atoms with Gasteiger partial charge in [0.1, 0.15) is 18.3 Å². The van der Waals surface area contributed by atoms with Gasteiger partial charge in [-0.05, 0) is 48.4 Å². The highest BCUT2D eigenvalue weighted by atomic mass is 28.4. The van der Waals surface area contributed by atoms with E-state index in [9.17, 15) is 14.7 Å². The fourth-order valence-electron chi connectivity index (χ4n) is 4.32. The molecule has 0 saturated carbocycles. The van der Waals surface area contributed by atoms with Crippen molar-refractivity contribution < 1.29 is 23.5 Å². The minimum absolute atomic E-state index is 0.0178. The fourth-order valence-corrected chi connectivity index (χ4v) is 6.93. The molecular weight excluding hydrogens is 571 g/mol. The Bertz CT molecular complexity index is 1480. The smallest absolute Gasteiger partial charge is 0.280 e. The molecule has 2 aromatic heterocycles. The number of carbonyl (C=O) groups is 1. The van der Waals surface area contributed by atoms with Crippen molar-refractivity contribution in [2.75, 3.05) is 11.9 Å². The Morgan fingerprint density at radius 3 is 2.14 bits per heavy atom. The molecule has 0 bridgehead atoms. The lowest BCUT2D eigenvalue weighted by atomic mass is 10.1. The summed E-state index contributed by atoms with van der Waals surface area (Å²) in [6.45, 7) is 21.3. The molecule has 0 aliphatic carbocycles. The predicted octanol–water partition coefficient (Wildman–Crippen LogP) is 5.04. The van der Waals surface area contributed by atoms with Gasteiger partial charge in [0, 0.05) is 5.56 Å². The van der Waals surface area contributed by atoms with Crippen molar-refractivity contribution in [2.24, 2.45) is 0 Å². The van der Waals surface area contributed by atoms with Gasteiger partial charge in [-0.2, -0.15) is 4.98 Å². The Hall–Kier alpha value is -2.69. The number of ether oxygens (including phenoxy) is 1. The van der Waals surface area contributed by atoms with Crippen LogP contribution in [0.4, 0.5) is 5.95 Å². The van der Waals surface area contributed by atoms with Gasteiger partial charge in [-0.3, -0.25) is 24.5 Å². The van der Waals surface area contributed by atoms with Crippen LogP contribution in [0.25, 0.3) is 11.2 Å². The second-order valence-electron chi connectivity index (χ2n) is 14.0. The molecule has 11 nitrogen and oxygen atoms in total. The number of nitrogens with zero attached hydrogens (tertiary/aromatic N) is 3. The molecule has 42 heavy (non-hydrogen) atoms. The van der Waals surface area contributed by atoms with Crippen molar-refractivity contribution in [3.8, 4) is 0 Å². The van der Waals surface area contributed by atoms with Crippen LogP contribution in [-0.2, 0) is 13.6 Å². The van der Waals surface area contributed by atoms with E-state index in [-0.39, 0.29) is 33.8 Å². The third kappa shape index (κ3) is 6.31. The zero-order chi connectivity index (χ0) is 31.3. The molecule has 1 fully saturated rings. The number of carbonyl (C=O) groups excluding carboxylic acids is 1. The summed E-state index contributed by atoms with van der Waals surface area (Å²) in [6.07, 6.45) is -1.14. The summed E-state index contributed by atoms with van der Waals surface area (Å²) >= 11 is 0. The molecule has 0 unspecified atom stereocenters. The lowest BCUT2D eigenvalue weighted by molar-refractivity contribution is -0.0491. The molecule has 0 radical (unpaired) electrons. The number of benzene rings is 1. The highest BCUT2D eigenvalue weighted by Crippen LogP contribution is 2.46. The molecule has 4 atom stereocenters. The van der Waals surface area contributed by atoms with Crippen molar-refractivity contribution >= 4 is 39.7 Å². The summed E-state index contributed by atoms with van der Waals surface area (Å²) in [6, 6.07) is 8.66. The fraction of sp³-hybridized carbons (Fsp3) is 0.586. The molecule has 0 spiro atoms. The molecule has 230 valence electrons. The Labute approximate surface area is 249 Å². The number of aliphatic hydroxyl groups is 1. The third-order valence-electron chi connectivity index (χ3n) is 8.91. The number of amides is 1. The van der Waals surface area contributed by atoms with Crippen LogP contribution in [-0.4, -0.2) is 72.1 Å². The van der Waals surface area contributed by atoms with Gasteiger partial charge in [-0.1, -0.05) is 59.7 Å². The average Bonchev–Trinajstić information content (AvgIpc) is 3.44. The number of fused-ring (bicyclic) bond motifs is 1. The molecule has 13 heteroatoms. The van der Waals surface area contributed by atoms with Crippen LogP contribution in [0.3, 0.4) is 0 Å². The average molecular weight is 616 g/mol. The number of aliphatic hydroxyl groups excluding tert-OH is 1. The molecule has 1 saturated heterocycles. The van der Waals surface area contributed by atoms with Crippen molar-refractivity contribution in [3.63, 3.8) is 0 Å². The molecular formula is C29H45N5O6Si2. The van der Waals surface area contributed by atoms with Crippen molar-refractivity contribution in [3.05, 3.63) is 52.6 Å². The number of H-pyrrole nitrogens is 1. The van der Waals surface area contributed by atoms with E-state index in [2.05, 4.69) is 88.0 Å². The Balaban J connectivity index is 1.79. The van der Waals surface area contributed by atoms with Gasteiger partial charge < -0.3 is 18.7 Å². The van der Waals surface area contributed by atoms with Gasteiger partial charge in [0.25, 0.3) is 11.5 Å². The van der Waals surface area contributed by atoms with E-state index in [1.54, 1.807) is 28.8 Å². The molecule has 1 aliphatic heterocycles. The van der Waals surface area contributed by atoms with Crippen LogP contribution in [0.2, 0.25) is 36.3 Å². The summed E-state index contributed by atoms with van der Waals surface area (Å²) in [5.74, 6) is -0.431. The van der Waals surface area contributed by atoms with Gasteiger partial charge >= 0.3 is 0 Å². The monoisotopic (exact) mass is 615 g/mol. The number of imidazole rings is 1. The zero-order valence-electron chi connectivity index (χ0n) is 26.3. The first-order chi connectivity index (χ1) is 19.4. The van der Waals surface area contributed by atoms with E-state index in [1.807, 2.05) is 6.07 Å². The van der Waals surface area contributed by atoms with Gasteiger partial charge in [0.15, 0.2) is 34.0 Å². The second-order valence-corrected chi connectivity index (χ2v) is 23.5. The van der Waals surface area contributed by atoms with E-state index in [4.69, 9.17) is 13.6 Å². The Kier molecular flexibility index (Phi) is 8.77. The lowest BCUT2D eigenvalue weighted by Gasteiger charge is -2.44. The number of hydrogen-bond donors (Lipinski definition) is 3. The highest BCUT2D eigenvalue weighted by molar-refractivity contribution is 6.74. The van der Waals surface area contributed by atoms with Crippen molar-refractivity contribution in [1.82, 2.24) is 19.5 Å². The number of anilines is 1. The standard InChI is InChI=1S/C29H45N5O6Si2/c1-28(2,3)41(7,8)39-21-19(16-35)38-26(22(21)40-42(9,10)29(4,5)6)34-17-30-20-23(34)31-27(33-25(20)37)32-24(36)18-14-12-11-13-15-18/h11-15,17,19,21-22,26,35H,16H2,1-10H3,(H2,31,32,33,36,37)/t19-,21-,22-,26-/m1/s1. The quantitative estimate of drug-likeness (QED) is 0.299. The molecule has 4 rings (SSSR count). The minimum atomic E-state index is -2.38. The molecule has 3 heterocycles. The maximum Gasteiger partial charge on any atom is 0.280 e. The van der Waals surface area contributed by atoms with Crippen molar-refractivity contribution in [1.29, 1.82) is 0 Å². The normalized spacial score (nSPS) is 22.1. The zero-order valence-corrected chi connectivity index (χ0v) is 28.3. The Morgan fingerprint density at radius 2 is 1.60 bits per heavy atom. The molecule has 1 aliphatic rings. The van der Waals surface area contributed by atoms with E-state index in [0.717, 1.165) is 0 Å². The van der Waals surface area contributed by atoms with E-state index < -0.39 is 52.6 Å².